The fourth-order valence-electron chi connectivity index (χ4n) is 3.09. The summed E-state index contributed by atoms with van der Waals surface area (Å²) in [6, 6.07) is 6.14. The van der Waals surface area contributed by atoms with E-state index >= 15 is 0 Å². The average Bonchev–Trinajstić information content (AvgIpc) is 2.47. The molecule has 0 spiro atoms. The van der Waals surface area contributed by atoms with Crippen molar-refractivity contribution in [2.24, 2.45) is 0 Å². The first kappa shape index (κ1) is 14.1. The van der Waals surface area contributed by atoms with Gasteiger partial charge in [-0.1, -0.05) is 24.6 Å². The van der Waals surface area contributed by atoms with E-state index in [0.29, 0.717) is 12.2 Å². The van der Waals surface area contributed by atoms with E-state index in [1.54, 1.807) is 7.11 Å². The summed E-state index contributed by atoms with van der Waals surface area (Å²) in [5.41, 5.74) is 1.89. The number of piperidine rings is 1. The van der Waals surface area contributed by atoms with Crippen molar-refractivity contribution in [1.82, 2.24) is 5.32 Å². The lowest BCUT2D eigenvalue weighted by Gasteiger charge is -2.37. The third-order valence-electron chi connectivity index (χ3n) is 4.18. The van der Waals surface area contributed by atoms with E-state index in [4.69, 9.17) is 4.74 Å². The van der Waals surface area contributed by atoms with Crippen molar-refractivity contribution >= 4 is 5.78 Å². The van der Waals surface area contributed by atoms with Gasteiger partial charge >= 0.3 is 0 Å². The van der Waals surface area contributed by atoms with Crippen LogP contribution in [0.5, 0.6) is 5.75 Å². The van der Waals surface area contributed by atoms with Gasteiger partial charge in [-0.15, -0.1) is 0 Å². The van der Waals surface area contributed by atoms with Crippen molar-refractivity contribution in [2.45, 2.75) is 38.5 Å². The minimum Gasteiger partial charge on any atom is -0.496 e. The summed E-state index contributed by atoms with van der Waals surface area (Å²) >= 11 is 0. The van der Waals surface area contributed by atoms with Crippen LogP contribution < -0.4 is 10.1 Å². The van der Waals surface area contributed by atoms with Gasteiger partial charge in [0.15, 0.2) is 0 Å². The molecule has 1 heterocycles. The Morgan fingerprint density at radius 3 is 2.63 bits per heavy atom. The first-order valence-electron chi connectivity index (χ1n) is 7.03. The molecule has 0 amide bonds. The lowest BCUT2D eigenvalue weighted by atomic mass is 9.69. The van der Waals surface area contributed by atoms with Gasteiger partial charge in [-0.25, -0.2) is 0 Å². The third-order valence-corrected chi connectivity index (χ3v) is 4.18. The predicted molar refractivity (Wildman–Crippen MR) is 76.8 cm³/mol. The molecule has 1 N–H and O–H groups in total. The summed E-state index contributed by atoms with van der Waals surface area (Å²) in [6.45, 7) is 5.80. The van der Waals surface area contributed by atoms with Crippen molar-refractivity contribution in [2.75, 3.05) is 20.2 Å². The molecule has 3 nitrogen and oxygen atoms in total. The van der Waals surface area contributed by atoms with E-state index in [9.17, 15) is 4.79 Å². The summed E-state index contributed by atoms with van der Waals surface area (Å²) in [7, 11) is 1.68. The smallest absolute Gasteiger partial charge is 0.143 e. The summed E-state index contributed by atoms with van der Waals surface area (Å²) in [5, 5.41) is 3.35. The second-order valence-electron chi connectivity index (χ2n) is 5.31. The van der Waals surface area contributed by atoms with Gasteiger partial charge in [0.05, 0.1) is 12.5 Å². The normalized spacial score (nSPS) is 18.1. The SMILES string of the molecule is CCC(=O)C1(c2cc(C)ccc2OC)CCNCC1. The third kappa shape index (κ3) is 2.52. The Morgan fingerprint density at radius 1 is 1.37 bits per heavy atom. The number of hydrogen-bond donors (Lipinski definition) is 1. The molecule has 0 atom stereocenters. The zero-order valence-corrected chi connectivity index (χ0v) is 12.1. The van der Waals surface area contributed by atoms with E-state index in [2.05, 4.69) is 18.3 Å². The van der Waals surface area contributed by atoms with Crippen LogP contribution in [0.4, 0.5) is 0 Å². The predicted octanol–water partition coefficient (Wildman–Crippen LogP) is 2.60. The molecule has 0 saturated carbocycles. The minimum absolute atomic E-state index is 0.331. The van der Waals surface area contributed by atoms with E-state index < -0.39 is 0 Å². The molecule has 19 heavy (non-hydrogen) atoms. The first-order valence-corrected chi connectivity index (χ1v) is 7.03. The van der Waals surface area contributed by atoms with E-state index in [1.165, 1.54) is 5.56 Å². The van der Waals surface area contributed by atoms with Crippen LogP contribution >= 0.6 is 0 Å². The van der Waals surface area contributed by atoms with Crippen LogP contribution in [0.3, 0.4) is 0 Å². The number of carbonyl (C=O) groups is 1. The maximum atomic E-state index is 12.6. The Balaban J connectivity index is 2.54. The molecule has 1 saturated heterocycles. The largest absolute Gasteiger partial charge is 0.496 e. The molecule has 1 aromatic carbocycles. The number of methoxy groups -OCH3 is 1. The standard InChI is InChI=1S/C16H23NO2/c1-4-15(18)16(7-9-17-10-8-16)13-11-12(2)5-6-14(13)19-3/h5-6,11,17H,4,7-10H2,1-3H3. The van der Waals surface area contributed by atoms with E-state index in [-0.39, 0.29) is 5.41 Å². The molecule has 0 aliphatic carbocycles. The number of rotatable bonds is 4. The Labute approximate surface area is 115 Å². The molecule has 104 valence electrons. The molecule has 0 radical (unpaired) electrons. The number of ketones is 1. The molecule has 1 fully saturated rings. The van der Waals surface area contributed by atoms with Crippen LogP contribution in [-0.2, 0) is 10.2 Å². The molecule has 1 aliphatic rings. The van der Waals surface area contributed by atoms with Crippen LogP contribution in [0.15, 0.2) is 18.2 Å². The molecule has 1 aliphatic heterocycles. The Morgan fingerprint density at radius 2 is 2.05 bits per heavy atom. The first-order chi connectivity index (χ1) is 9.14. The highest BCUT2D eigenvalue weighted by atomic mass is 16.5. The number of aryl methyl sites for hydroxylation is 1. The molecule has 2 rings (SSSR count). The highest BCUT2D eigenvalue weighted by molar-refractivity contribution is 5.91. The number of ether oxygens (including phenoxy) is 1. The van der Waals surface area contributed by atoms with Gasteiger partial charge < -0.3 is 10.1 Å². The van der Waals surface area contributed by atoms with Gasteiger partial charge in [0.25, 0.3) is 0 Å². The summed E-state index contributed by atoms with van der Waals surface area (Å²) in [4.78, 5) is 12.6. The van der Waals surface area contributed by atoms with E-state index in [1.807, 2.05) is 19.1 Å². The molecular weight excluding hydrogens is 238 g/mol. The molecule has 0 unspecified atom stereocenters. The van der Waals surface area contributed by atoms with Crippen molar-refractivity contribution in [3.8, 4) is 5.75 Å². The molecular formula is C16H23NO2. The minimum atomic E-state index is -0.364. The van der Waals surface area contributed by atoms with Crippen molar-refractivity contribution in [3.63, 3.8) is 0 Å². The van der Waals surface area contributed by atoms with Gasteiger partial charge in [-0.3, -0.25) is 4.79 Å². The molecule has 1 aromatic rings. The summed E-state index contributed by atoms with van der Waals surface area (Å²) in [6.07, 6.45) is 2.30. The van der Waals surface area contributed by atoms with Crippen molar-refractivity contribution < 1.29 is 9.53 Å². The summed E-state index contributed by atoms with van der Waals surface area (Å²) < 4.78 is 5.50. The summed E-state index contributed by atoms with van der Waals surface area (Å²) in [5.74, 6) is 1.17. The van der Waals surface area contributed by atoms with E-state index in [0.717, 1.165) is 37.2 Å². The lowest BCUT2D eigenvalue weighted by molar-refractivity contribution is -0.125. The van der Waals surface area contributed by atoms with Gasteiger partial charge in [0, 0.05) is 12.0 Å². The zero-order valence-electron chi connectivity index (χ0n) is 12.1. The molecule has 0 bridgehead atoms. The van der Waals surface area contributed by atoms with Gasteiger partial charge in [0.2, 0.25) is 0 Å². The van der Waals surface area contributed by atoms with Crippen molar-refractivity contribution in [1.29, 1.82) is 0 Å². The highest BCUT2D eigenvalue weighted by Crippen LogP contribution is 2.40. The second kappa shape index (κ2) is 5.74. The fourth-order valence-corrected chi connectivity index (χ4v) is 3.09. The van der Waals surface area contributed by atoms with Crippen LogP contribution in [-0.4, -0.2) is 26.0 Å². The van der Waals surface area contributed by atoms with Crippen LogP contribution in [0.1, 0.15) is 37.3 Å². The Hall–Kier alpha value is -1.35. The Kier molecular flexibility index (Phi) is 4.25. The number of carbonyl (C=O) groups excluding carboxylic acids is 1. The quantitative estimate of drug-likeness (QED) is 0.905. The molecule has 3 heteroatoms. The fraction of sp³-hybridized carbons (Fsp3) is 0.562. The topological polar surface area (TPSA) is 38.3 Å². The molecule has 0 aromatic heterocycles. The van der Waals surface area contributed by atoms with Crippen LogP contribution in [0.25, 0.3) is 0 Å². The second-order valence-corrected chi connectivity index (χ2v) is 5.31. The van der Waals surface area contributed by atoms with Crippen LogP contribution in [0, 0.1) is 6.92 Å². The van der Waals surface area contributed by atoms with Crippen molar-refractivity contribution in [3.05, 3.63) is 29.3 Å². The average molecular weight is 261 g/mol. The monoisotopic (exact) mass is 261 g/mol. The number of nitrogens with one attached hydrogen (secondary N) is 1. The van der Waals surface area contributed by atoms with Gasteiger partial charge in [-0.2, -0.15) is 0 Å². The Bertz CT molecular complexity index is 462. The zero-order chi connectivity index (χ0) is 13.9. The lowest BCUT2D eigenvalue weighted by Crippen LogP contribution is -2.45. The maximum Gasteiger partial charge on any atom is 0.143 e. The number of benzene rings is 1. The van der Waals surface area contributed by atoms with Gasteiger partial charge in [0.1, 0.15) is 11.5 Å². The highest BCUT2D eigenvalue weighted by Gasteiger charge is 2.41. The maximum absolute atomic E-state index is 12.6. The van der Waals surface area contributed by atoms with Gasteiger partial charge in [-0.05, 0) is 38.9 Å². The van der Waals surface area contributed by atoms with Crippen LogP contribution in [0.2, 0.25) is 0 Å². The number of hydrogen-bond acceptors (Lipinski definition) is 3. The number of Topliss-reactive ketones (excluding diaryl/α,β-unsaturated/α-hetero) is 1.